The van der Waals surface area contributed by atoms with Crippen LogP contribution in [0.4, 0.5) is 0 Å². The highest BCUT2D eigenvalue weighted by molar-refractivity contribution is 9.13. The van der Waals surface area contributed by atoms with Crippen molar-refractivity contribution >= 4 is 49.2 Å². The van der Waals surface area contributed by atoms with E-state index in [1.165, 1.54) is 11.3 Å². The summed E-state index contributed by atoms with van der Waals surface area (Å²) in [6, 6.07) is 1.83. The molecule has 17 heavy (non-hydrogen) atoms. The Kier molecular flexibility index (Phi) is 3.95. The van der Waals surface area contributed by atoms with Gasteiger partial charge in [0.15, 0.2) is 0 Å². The number of ether oxygens (including phenoxy) is 1. The van der Waals surface area contributed by atoms with E-state index in [2.05, 4.69) is 42.1 Å². The number of aromatic nitrogens is 2. The molecule has 0 saturated carbocycles. The number of carbonyl (C=O) groups excluding carboxylic acids is 1. The van der Waals surface area contributed by atoms with Crippen molar-refractivity contribution in [2.45, 2.75) is 6.92 Å². The van der Waals surface area contributed by atoms with Crippen molar-refractivity contribution in [3.05, 3.63) is 20.2 Å². The Bertz CT molecular complexity index is 533. The minimum absolute atomic E-state index is 0.137. The minimum Gasteiger partial charge on any atom is -0.459 e. The quantitative estimate of drug-likeness (QED) is 0.761. The van der Waals surface area contributed by atoms with Crippen LogP contribution in [0.5, 0.6) is 0 Å². The summed E-state index contributed by atoms with van der Waals surface area (Å²) < 4.78 is 11.8. The highest BCUT2D eigenvalue weighted by atomic mass is 79.9. The Morgan fingerprint density at radius 2 is 2.29 bits per heavy atom. The van der Waals surface area contributed by atoms with Gasteiger partial charge in [0, 0.05) is 4.47 Å². The maximum absolute atomic E-state index is 11.3. The van der Waals surface area contributed by atoms with Crippen molar-refractivity contribution in [3.8, 4) is 10.8 Å². The second-order valence-corrected chi connectivity index (χ2v) is 6.09. The zero-order valence-electron chi connectivity index (χ0n) is 8.57. The lowest BCUT2D eigenvalue weighted by molar-refractivity contribution is 0.0481. The van der Waals surface area contributed by atoms with E-state index in [1.54, 1.807) is 6.92 Å². The van der Waals surface area contributed by atoms with Crippen molar-refractivity contribution in [1.29, 1.82) is 0 Å². The lowest BCUT2D eigenvalue weighted by atomic mass is 10.5. The van der Waals surface area contributed by atoms with Crippen molar-refractivity contribution in [2.75, 3.05) is 6.61 Å². The van der Waals surface area contributed by atoms with Crippen molar-refractivity contribution in [2.24, 2.45) is 0 Å². The predicted molar refractivity (Wildman–Crippen MR) is 69.0 cm³/mol. The van der Waals surface area contributed by atoms with E-state index >= 15 is 0 Å². The number of halogens is 2. The second-order valence-electron chi connectivity index (χ2n) is 2.87. The summed E-state index contributed by atoms with van der Waals surface area (Å²) in [5.74, 6) is -0.451. The van der Waals surface area contributed by atoms with Crippen LogP contribution in [0.3, 0.4) is 0 Å². The largest absolute Gasteiger partial charge is 0.459 e. The first kappa shape index (κ1) is 12.7. The number of hydrogen-bond donors (Lipinski definition) is 0. The number of carbonyl (C=O) groups is 1. The van der Waals surface area contributed by atoms with Gasteiger partial charge in [-0.25, -0.2) is 4.79 Å². The number of nitrogens with zero attached hydrogens (tertiary/aromatic N) is 2. The SMILES string of the molecule is CCOC(=O)c1nnc(-c2cc(Br)c(Br)s2)o1. The summed E-state index contributed by atoms with van der Waals surface area (Å²) in [5, 5.41) is 7.43. The third kappa shape index (κ3) is 2.75. The van der Waals surface area contributed by atoms with E-state index in [1.807, 2.05) is 6.07 Å². The molecule has 0 aromatic carbocycles. The van der Waals surface area contributed by atoms with Gasteiger partial charge in [-0.05, 0) is 44.8 Å². The second kappa shape index (κ2) is 5.28. The average Bonchev–Trinajstić information content (AvgIpc) is 2.87. The third-order valence-corrected chi connectivity index (χ3v) is 4.98. The van der Waals surface area contributed by atoms with E-state index in [0.29, 0.717) is 5.89 Å². The summed E-state index contributed by atoms with van der Waals surface area (Å²) in [5.41, 5.74) is 0. The highest BCUT2D eigenvalue weighted by Gasteiger charge is 2.18. The molecule has 2 aromatic heterocycles. The first-order valence-electron chi connectivity index (χ1n) is 4.57. The van der Waals surface area contributed by atoms with Crippen LogP contribution in [0.2, 0.25) is 0 Å². The van der Waals surface area contributed by atoms with Crippen molar-refractivity contribution < 1.29 is 13.9 Å². The fourth-order valence-electron chi connectivity index (χ4n) is 1.05. The molecule has 0 unspecified atom stereocenters. The number of esters is 1. The van der Waals surface area contributed by atoms with Crippen LogP contribution in [0.25, 0.3) is 10.8 Å². The molecule has 2 rings (SSSR count). The molecule has 0 aliphatic heterocycles. The van der Waals surface area contributed by atoms with E-state index in [0.717, 1.165) is 13.1 Å². The van der Waals surface area contributed by atoms with Crippen LogP contribution in [0.15, 0.2) is 18.7 Å². The summed E-state index contributed by atoms with van der Waals surface area (Å²) in [6.07, 6.45) is 0. The van der Waals surface area contributed by atoms with Gasteiger partial charge in [0.2, 0.25) is 0 Å². The molecular formula is C9H6Br2N2O3S. The highest BCUT2D eigenvalue weighted by Crippen LogP contribution is 2.37. The van der Waals surface area contributed by atoms with Gasteiger partial charge in [-0.2, -0.15) is 0 Å². The Morgan fingerprint density at radius 3 is 2.88 bits per heavy atom. The topological polar surface area (TPSA) is 65.2 Å². The fraction of sp³-hybridized carbons (Fsp3) is 0.222. The number of rotatable bonds is 3. The smallest absolute Gasteiger partial charge is 0.396 e. The zero-order valence-corrected chi connectivity index (χ0v) is 12.6. The van der Waals surface area contributed by atoms with Crippen LogP contribution in [-0.2, 0) is 4.74 Å². The molecule has 2 aromatic rings. The van der Waals surface area contributed by atoms with Crippen LogP contribution in [0.1, 0.15) is 17.6 Å². The van der Waals surface area contributed by atoms with Gasteiger partial charge in [0.05, 0.1) is 15.3 Å². The van der Waals surface area contributed by atoms with Gasteiger partial charge >= 0.3 is 11.9 Å². The molecule has 0 aliphatic rings. The normalized spacial score (nSPS) is 10.5. The number of hydrogen-bond acceptors (Lipinski definition) is 6. The van der Waals surface area contributed by atoms with Crippen molar-refractivity contribution in [3.63, 3.8) is 0 Å². The van der Waals surface area contributed by atoms with Crippen molar-refractivity contribution in [1.82, 2.24) is 10.2 Å². The van der Waals surface area contributed by atoms with Gasteiger partial charge in [-0.15, -0.1) is 21.5 Å². The Morgan fingerprint density at radius 1 is 1.53 bits per heavy atom. The minimum atomic E-state index is -0.610. The van der Waals surface area contributed by atoms with Crippen LogP contribution in [0, 0.1) is 0 Å². The van der Waals surface area contributed by atoms with Gasteiger partial charge < -0.3 is 9.15 Å². The summed E-state index contributed by atoms with van der Waals surface area (Å²) >= 11 is 8.15. The molecule has 90 valence electrons. The first-order valence-corrected chi connectivity index (χ1v) is 6.98. The molecule has 5 nitrogen and oxygen atoms in total. The molecule has 0 N–H and O–H groups in total. The summed E-state index contributed by atoms with van der Waals surface area (Å²) in [7, 11) is 0. The molecule has 2 heterocycles. The Hall–Kier alpha value is -0.730. The van der Waals surface area contributed by atoms with Crippen LogP contribution in [-0.4, -0.2) is 22.8 Å². The molecule has 0 bridgehead atoms. The monoisotopic (exact) mass is 380 g/mol. The lowest BCUT2D eigenvalue weighted by Crippen LogP contribution is -2.04. The Labute approximate surface area is 117 Å². The maximum atomic E-state index is 11.3. The molecular weight excluding hydrogens is 376 g/mol. The van der Waals surface area contributed by atoms with E-state index in [-0.39, 0.29) is 12.5 Å². The summed E-state index contributed by atoms with van der Waals surface area (Å²) in [4.78, 5) is 12.1. The molecule has 0 saturated heterocycles. The van der Waals surface area contributed by atoms with Crippen LogP contribution >= 0.6 is 43.2 Å². The van der Waals surface area contributed by atoms with E-state index in [9.17, 15) is 4.79 Å². The van der Waals surface area contributed by atoms with Gasteiger partial charge in [-0.3, -0.25) is 0 Å². The van der Waals surface area contributed by atoms with Crippen LogP contribution < -0.4 is 0 Å². The van der Waals surface area contributed by atoms with E-state index < -0.39 is 5.97 Å². The molecule has 0 radical (unpaired) electrons. The average molecular weight is 382 g/mol. The maximum Gasteiger partial charge on any atom is 0.396 e. The first-order chi connectivity index (χ1) is 8.11. The fourth-order valence-corrected chi connectivity index (χ4v) is 3.01. The van der Waals surface area contributed by atoms with E-state index in [4.69, 9.17) is 9.15 Å². The molecule has 0 atom stereocenters. The molecule has 0 spiro atoms. The van der Waals surface area contributed by atoms with Gasteiger partial charge in [-0.1, -0.05) is 0 Å². The Balaban J connectivity index is 2.26. The standard InChI is InChI=1S/C9H6Br2N2O3S/c1-2-15-9(14)8-13-12-7(16-8)5-3-4(10)6(11)17-5/h3H,2H2,1H3. The van der Waals surface area contributed by atoms with Gasteiger partial charge in [0.25, 0.3) is 5.89 Å². The number of thiophene rings is 1. The molecule has 0 fully saturated rings. The third-order valence-electron chi connectivity index (χ3n) is 1.73. The molecule has 0 aliphatic carbocycles. The van der Waals surface area contributed by atoms with Gasteiger partial charge in [0.1, 0.15) is 0 Å². The predicted octanol–water partition coefficient (Wildman–Crippen LogP) is 3.50. The summed E-state index contributed by atoms with van der Waals surface area (Å²) in [6.45, 7) is 1.98. The zero-order chi connectivity index (χ0) is 12.4. The molecule has 8 heteroatoms. The lowest BCUT2D eigenvalue weighted by Gasteiger charge is -1.93. The molecule has 0 amide bonds.